The number of fused-ring (bicyclic) bond motifs is 3. The molecule has 1 saturated heterocycles. The lowest BCUT2D eigenvalue weighted by Crippen LogP contribution is -2.56. The number of hydrogen-bond donors (Lipinski definition) is 3. The number of aliphatic carboxylic acids is 1. The van der Waals surface area contributed by atoms with Gasteiger partial charge in [-0.3, -0.25) is 19.7 Å². The van der Waals surface area contributed by atoms with Crippen molar-refractivity contribution in [3.8, 4) is 16.5 Å². The van der Waals surface area contributed by atoms with E-state index in [4.69, 9.17) is 9.47 Å². The van der Waals surface area contributed by atoms with Crippen LogP contribution in [0.3, 0.4) is 0 Å². The molecule has 2 aliphatic heterocycles. The molecule has 3 amide bonds. The highest BCUT2D eigenvalue weighted by atomic mass is 32.1. The zero-order valence-corrected chi connectivity index (χ0v) is 29.3. The van der Waals surface area contributed by atoms with E-state index in [9.17, 15) is 34.4 Å². The molecular formula is C35H40N6O9S. The first-order chi connectivity index (χ1) is 24.2. The van der Waals surface area contributed by atoms with Crippen molar-refractivity contribution in [1.29, 1.82) is 0 Å². The monoisotopic (exact) mass is 720 g/mol. The molecule has 3 N–H and O–H groups in total. The van der Waals surface area contributed by atoms with Gasteiger partial charge in [-0.25, -0.2) is 19.6 Å². The van der Waals surface area contributed by atoms with E-state index < -0.39 is 58.1 Å². The van der Waals surface area contributed by atoms with Gasteiger partial charge in [0.2, 0.25) is 17.7 Å². The van der Waals surface area contributed by atoms with Crippen molar-refractivity contribution in [2.75, 3.05) is 6.54 Å². The quantitative estimate of drug-likeness (QED) is 0.176. The number of non-ortho nitro benzene ring substituents is 1. The summed E-state index contributed by atoms with van der Waals surface area (Å²) in [5.41, 5.74) is -1.48. The van der Waals surface area contributed by atoms with E-state index in [1.54, 1.807) is 26.8 Å². The lowest BCUT2D eigenvalue weighted by molar-refractivity contribution is -0.384. The first kappa shape index (κ1) is 35.7. The van der Waals surface area contributed by atoms with Crippen molar-refractivity contribution >= 4 is 51.9 Å². The molecule has 1 saturated carbocycles. The summed E-state index contributed by atoms with van der Waals surface area (Å²) < 4.78 is 11.9. The van der Waals surface area contributed by atoms with E-state index in [1.807, 2.05) is 23.6 Å². The van der Waals surface area contributed by atoms with E-state index in [-0.39, 0.29) is 42.4 Å². The second kappa shape index (κ2) is 14.2. The SMILES string of the molecule is CC(C)(C)OC(=O)N[C@H]1CCCCC/C=C\C2CC2(C(=O)O)NC(=O)C2C[C@@H](Oc3nc4ccc([N+](=O)[O-])cc4nc3-c3cccs3)CN2C1=O. The topological polar surface area (TPSA) is 203 Å². The van der Waals surface area contributed by atoms with Crippen molar-refractivity contribution in [2.24, 2.45) is 5.92 Å². The van der Waals surface area contributed by atoms with Crippen molar-refractivity contribution in [2.45, 2.75) is 95.0 Å². The predicted octanol–water partition coefficient (Wildman–Crippen LogP) is 4.99. The molecule has 3 aromatic rings. The third kappa shape index (κ3) is 7.95. The molecule has 15 nitrogen and oxygen atoms in total. The number of alkyl carbamates (subject to hydrolysis) is 1. The van der Waals surface area contributed by atoms with Gasteiger partial charge in [-0.05, 0) is 64.0 Å². The molecule has 1 aliphatic carbocycles. The minimum atomic E-state index is -1.49. The number of benzene rings is 1. The molecule has 0 radical (unpaired) electrons. The number of carboxylic acid groups (broad SMARTS) is 1. The maximum atomic E-state index is 14.3. The number of carboxylic acids is 1. The van der Waals surface area contributed by atoms with Gasteiger partial charge in [0, 0.05) is 24.5 Å². The number of hydrogen-bond acceptors (Lipinski definition) is 11. The summed E-state index contributed by atoms with van der Waals surface area (Å²) in [6.45, 7) is 5.07. The minimum absolute atomic E-state index is 0.00318. The summed E-state index contributed by atoms with van der Waals surface area (Å²) >= 11 is 1.37. The molecule has 3 unspecified atom stereocenters. The molecule has 4 heterocycles. The number of thiophene rings is 1. The lowest BCUT2D eigenvalue weighted by atomic mass is 10.0. The Morgan fingerprint density at radius 1 is 1.16 bits per heavy atom. The van der Waals surface area contributed by atoms with Gasteiger partial charge in [0.05, 0.1) is 27.4 Å². The van der Waals surface area contributed by atoms with E-state index >= 15 is 0 Å². The van der Waals surface area contributed by atoms with Crippen LogP contribution in [0.2, 0.25) is 0 Å². The zero-order valence-electron chi connectivity index (χ0n) is 28.5. The molecule has 2 fully saturated rings. The van der Waals surface area contributed by atoms with Gasteiger partial charge in [0.15, 0.2) is 0 Å². The highest BCUT2D eigenvalue weighted by Crippen LogP contribution is 2.45. The van der Waals surface area contributed by atoms with Crippen LogP contribution in [-0.2, 0) is 19.1 Å². The first-order valence-corrected chi connectivity index (χ1v) is 17.8. The third-order valence-corrected chi connectivity index (χ3v) is 10.0. The Morgan fingerprint density at radius 2 is 1.96 bits per heavy atom. The largest absolute Gasteiger partial charge is 0.479 e. The molecular weight excluding hydrogens is 680 g/mol. The standard InChI is InChI=1S/C35H40N6O9S/c1-34(2,3)50-33(46)38-24-11-8-6-4-5-7-10-20-18-35(20,32(44)45)39-29(42)26-17-22(19-40(26)31(24)43)49-30-28(27-12-9-15-51-27)36-25-16-21(41(47)48)13-14-23(25)37-30/h7,9-10,12-16,20,22,24,26H,4-6,8,11,17-19H2,1-3H3,(H,38,46)(H,39,42)(H,44,45)/b10-7-/t20?,22-,24+,26?,35?/m1/s1. The Labute approximate surface area is 297 Å². The Balaban J connectivity index is 1.34. The van der Waals surface area contributed by atoms with Crippen molar-refractivity contribution in [1.82, 2.24) is 25.5 Å². The summed E-state index contributed by atoms with van der Waals surface area (Å²) in [7, 11) is 0. The maximum Gasteiger partial charge on any atom is 0.408 e. The number of ether oxygens (including phenoxy) is 2. The van der Waals surface area contributed by atoms with Gasteiger partial charge < -0.3 is 30.1 Å². The molecule has 2 aromatic heterocycles. The smallest absolute Gasteiger partial charge is 0.408 e. The van der Waals surface area contributed by atoms with Gasteiger partial charge in [0.1, 0.15) is 35.0 Å². The molecule has 6 rings (SSSR count). The van der Waals surface area contributed by atoms with E-state index in [1.165, 1.54) is 34.4 Å². The number of allylic oxidation sites excluding steroid dienone is 1. The highest BCUT2D eigenvalue weighted by molar-refractivity contribution is 7.13. The second-order valence-electron chi connectivity index (χ2n) is 14.1. The molecule has 1 aromatic carbocycles. The lowest BCUT2D eigenvalue weighted by Gasteiger charge is -2.30. The molecule has 270 valence electrons. The van der Waals surface area contributed by atoms with Crippen LogP contribution < -0.4 is 15.4 Å². The Kier molecular flexibility index (Phi) is 9.97. The van der Waals surface area contributed by atoms with Crippen molar-refractivity contribution < 1.29 is 38.7 Å². The summed E-state index contributed by atoms with van der Waals surface area (Å²) in [6.07, 6.45) is 5.63. The summed E-state index contributed by atoms with van der Waals surface area (Å²) in [5, 5.41) is 28.9. The fourth-order valence-electron chi connectivity index (χ4n) is 6.55. The van der Waals surface area contributed by atoms with Crippen LogP contribution in [0.25, 0.3) is 21.6 Å². The van der Waals surface area contributed by atoms with Crippen LogP contribution in [0.1, 0.15) is 65.7 Å². The number of rotatable bonds is 6. The van der Waals surface area contributed by atoms with Gasteiger partial charge in [-0.2, -0.15) is 0 Å². The van der Waals surface area contributed by atoms with Gasteiger partial charge >= 0.3 is 12.1 Å². The minimum Gasteiger partial charge on any atom is -0.479 e. The van der Waals surface area contributed by atoms with Crippen LogP contribution >= 0.6 is 11.3 Å². The van der Waals surface area contributed by atoms with Gasteiger partial charge in [0.25, 0.3) is 5.69 Å². The predicted molar refractivity (Wildman–Crippen MR) is 186 cm³/mol. The number of nitrogens with one attached hydrogen (secondary N) is 2. The van der Waals surface area contributed by atoms with Crippen LogP contribution in [0.4, 0.5) is 10.5 Å². The number of nitro groups is 1. The highest BCUT2D eigenvalue weighted by Gasteiger charge is 2.61. The maximum absolute atomic E-state index is 14.3. The van der Waals surface area contributed by atoms with E-state index in [0.717, 1.165) is 12.8 Å². The van der Waals surface area contributed by atoms with Crippen molar-refractivity contribution in [3.05, 3.63) is 58.0 Å². The third-order valence-electron chi connectivity index (χ3n) is 9.17. The summed E-state index contributed by atoms with van der Waals surface area (Å²) in [5.74, 6) is -2.60. The number of amides is 3. The van der Waals surface area contributed by atoms with Crippen LogP contribution in [-0.4, -0.2) is 84.6 Å². The fraction of sp³-hybridized carbons (Fsp3) is 0.486. The van der Waals surface area contributed by atoms with Gasteiger partial charge in [-0.1, -0.05) is 31.1 Å². The van der Waals surface area contributed by atoms with Crippen molar-refractivity contribution in [3.63, 3.8) is 0 Å². The molecule has 51 heavy (non-hydrogen) atoms. The molecule has 3 aliphatic rings. The van der Waals surface area contributed by atoms with Crippen LogP contribution in [0, 0.1) is 16.0 Å². The van der Waals surface area contributed by atoms with E-state index in [2.05, 4.69) is 20.6 Å². The second-order valence-corrected chi connectivity index (χ2v) is 15.1. The zero-order chi connectivity index (χ0) is 36.5. The normalized spacial score (nSPS) is 26.1. The Morgan fingerprint density at radius 3 is 2.67 bits per heavy atom. The van der Waals surface area contributed by atoms with Gasteiger partial charge in [-0.15, -0.1) is 11.3 Å². The van der Waals surface area contributed by atoms with Crippen LogP contribution in [0.5, 0.6) is 5.88 Å². The molecule has 5 atom stereocenters. The summed E-state index contributed by atoms with van der Waals surface area (Å²) in [6, 6.07) is 5.59. The Hall–Kier alpha value is -5.12. The Bertz CT molecular complexity index is 1880. The average Bonchev–Trinajstić information content (AvgIpc) is 3.37. The first-order valence-electron chi connectivity index (χ1n) is 16.9. The number of nitrogens with zero attached hydrogens (tertiary/aromatic N) is 4. The number of aromatic nitrogens is 2. The average molecular weight is 721 g/mol. The molecule has 16 heteroatoms. The number of nitro benzene ring substituents is 1. The van der Waals surface area contributed by atoms with E-state index in [0.29, 0.717) is 35.4 Å². The fourth-order valence-corrected chi connectivity index (χ4v) is 7.26. The number of carbonyl (C=O) groups excluding carboxylic acids is 3. The number of carbonyl (C=O) groups is 4. The van der Waals surface area contributed by atoms with Crippen LogP contribution in [0.15, 0.2) is 47.9 Å². The molecule has 0 spiro atoms. The molecule has 0 bridgehead atoms. The summed E-state index contributed by atoms with van der Waals surface area (Å²) in [4.78, 5) is 76.0.